The maximum absolute atomic E-state index is 12.2. The Kier molecular flexibility index (Phi) is 5.17. The Labute approximate surface area is 156 Å². The normalized spacial score (nSPS) is 11.6. The van der Waals surface area contributed by atoms with Gasteiger partial charge >= 0.3 is 6.18 Å². The molecule has 7 nitrogen and oxygen atoms in total. The fourth-order valence-corrected chi connectivity index (χ4v) is 2.61. The summed E-state index contributed by atoms with van der Waals surface area (Å²) < 4.78 is 42.8. The van der Waals surface area contributed by atoms with Gasteiger partial charge in [0, 0.05) is 25.6 Å². The molecule has 0 atom stereocenters. The van der Waals surface area contributed by atoms with E-state index in [-0.39, 0.29) is 29.0 Å². The SMILES string of the molecule is CNC(=O)c1nccc2nn(Cc3cnc(OCC(F)(F)F)c(Cl)c3)cc12. The summed E-state index contributed by atoms with van der Waals surface area (Å²) in [6, 6.07) is 3.11. The number of pyridine rings is 2. The number of rotatable bonds is 5. The summed E-state index contributed by atoms with van der Waals surface area (Å²) >= 11 is 5.94. The molecule has 142 valence electrons. The van der Waals surface area contributed by atoms with Crippen LogP contribution in [-0.2, 0) is 6.54 Å². The number of carbonyl (C=O) groups is 1. The van der Waals surface area contributed by atoms with Gasteiger partial charge < -0.3 is 10.1 Å². The van der Waals surface area contributed by atoms with Crippen LogP contribution in [0.4, 0.5) is 13.2 Å². The number of amides is 1. The average Bonchev–Trinajstić information content (AvgIpc) is 3.01. The predicted molar refractivity (Wildman–Crippen MR) is 90.8 cm³/mol. The molecule has 0 saturated carbocycles. The van der Waals surface area contributed by atoms with E-state index in [2.05, 4.69) is 25.1 Å². The second-order valence-electron chi connectivity index (χ2n) is 5.53. The molecule has 0 aliphatic rings. The number of hydrogen-bond acceptors (Lipinski definition) is 5. The zero-order valence-electron chi connectivity index (χ0n) is 13.9. The van der Waals surface area contributed by atoms with Crippen molar-refractivity contribution in [2.45, 2.75) is 12.7 Å². The molecule has 0 unspecified atom stereocenters. The number of hydrogen-bond donors (Lipinski definition) is 1. The molecule has 3 aromatic rings. The minimum absolute atomic E-state index is 0.0406. The maximum Gasteiger partial charge on any atom is 0.422 e. The van der Waals surface area contributed by atoms with Crippen molar-refractivity contribution in [1.29, 1.82) is 0 Å². The second kappa shape index (κ2) is 7.39. The Morgan fingerprint density at radius 1 is 1.37 bits per heavy atom. The van der Waals surface area contributed by atoms with Gasteiger partial charge in [-0.1, -0.05) is 11.6 Å². The predicted octanol–water partition coefficient (Wildman–Crippen LogP) is 2.83. The summed E-state index contributed by atoms with van der Waals surface area (Å²) in [5, 5.41) is 7.39. The first-order valence-corrected chi connectivity index (χ1v) is 8.03. The molecule has 0 bridgehead atoms. The zero-order valence-corrected chi connectivity index (χ0v) is 14.7. The minimum Gasteiger partial charge on any atom is -0.467 e. The Hall–Kier alpha value is -2.88. The lowest BCUT2D eigenvalue weighted by molar-refractivity contribution is -0.154. The molecular formula is C16H13ClF3N5O2. The van der Waals surface area contributed by atoms with Gasteiger partial charge in [-0.05, 0) is 17.7 Å². The fourth-order valence-electron chi connectivity index (χ4n) is 2.37. The summed E-state index contributed by atoms with van der Waals surface area (Å²) in [5.74, 6) is -0.634. The molecule has 0 aliphatic heterocycles. The number of carbonyl (C=O) groups excluding carboxylic acids is 1. The Morgan fingerprint density at radius 3 is 2.81 bits per heavy atom. The van der Waals surface area contributed by atoms with Crippen molar-refractivity contribution in [3.05, 3.63) is 47.0 Å². The molecule has 1 amide bonds. The quantitative estimate of drug-likeness (QED) is 0.713. The molecule has 0 aromatic carbocycles. The number of nitrogens with zero attached hydrogens (tertiary/aromatic N) is 4. The lowest BCUT2D eigenvalue weighted by Crippen LogP contribution is -2.19. The molecule has 0 spiro atoms. The van der Waals surface area contributed by atoms with Crippen LogP contribution in [0.15, 0.2) is 30.7 Å². The highest BCUT2D eigenvalue weighted by molar-refractivity contribution is 6.31. The molecule has 0 radical (unpaired) electrons. The second-order valence-corrected chi connectivity index (χ2v) is 5.94. The van der Waals surface area contributed by atoms with Crippen LogP contribution in [0.5, 0.6) is 5.88 Å². The first-order chi connectivity index (χ1) is 12.8. The summed E-state index contributed by atoms with van der Waals surface area (Å²) in [6.45, 7) is -1.23. The summed E-state index contributed by atoms with van der Waals surface area (Å²) in [5.41, 5.74) is 1.42. The fraction of sp³-hybridized carbons (Fsp3) is 0.250. The third kappa shape index (κ3) is 4.45. The molecule has 11 heteroatoms. The number of ether oxygens (including phenoxy) is 1. The van der Waals surface area contributed by atoms with Crippen LogP contribution in [0, 0.1) is 0 Å². The van der Waals surface area contributed by atoms with Crippen molar-refractivity contribution in [1.82, 2.24) is 25.1 Å². The molecule has 3 heterocycles. The number of aromatic nitrogens is 4. The Bertz CT molecular complexity index is 990. The first-order valence-electron chi connectivity index (χ1n) is 7.65. The molecular weight excluding hydrogens is 387 g/mol. The van der Waals surface area contributed by atoms with Gasteiger partial charge in [-0.15, -0.1) is 0 Å². The number of halogens is 4. The highest BCUT2D eigenvalue weighted by Gasteiger charge is 2.29. The van der Waals surface area contributed by atoms with Gasteiger partial charge in [-0.25, -0.2) is 4.98 Å². The van der Waals surface area contributed by atoms with E-state index in [1.165, 1.54) is 25.5 Å². The lowest BCUT2D eigenvalue weighted by atomic mass is 10.2. The molecule has 0 saturated heterocycles. The van der Waals surface area contributed by atoms with Crippen LogP contribution < -0.4 is 10.1 Å². The van der Waals surface area contributed by atoms with Gasteiger partial charge in [-0.3, -0.25) is 14.5 Å². The Morgan fingerprint density at radius 2 is 2.15 bits per heavy atom. The maximum atomic E-state index is 12.2. The summed E-state index contributed by atoms with van der Waals surface area (Å²) in [4.78, 5) is 19.8. The zero-order chi connectivity index (χ0) is 19.6. The van der Waals surface area contributed by atoms with Crippen molar-refractivity contribution in [3.8, 4) is 5.88 Å². The largest absolute Gasteiger partial charge is 0.467 e. The first kappa shape index (κ1) is 18.9. The topological polar surface area (TPSA) is 81.9 Å². The summed E-state index contributed by atoms with van der Waals surface area (Å²) in [6.07, 6.45) is 0.00154. The molecule has 0 fully saturated rings. The molecule has 27 heavy (non-hydrogen) atoms. The van der Waals surface area contributed by atoms with Crippen LogP contribution in [0.3, 0.4) is 0 Å². The van der Waals surface area contributed by atoms with Crippen LogP contribution in [0.1, 0.15) is 16.1 Å². The lowest BCUT2D eigenvalue weighted by Gasteiger charge is -2.10. The number of fused-ring (bicyclic) bond motifs is 1. The van der Waals surface area contributed by atoms with Gasteiger partial charge in [0.25, 0.3) is 5.91 Å². The van der Waals surface area contributed by atoms with E-state index >= 15 is 0 Å². The van der Waals surface area contributed by atoms with Crippen LogP contribution in [0.2, 0.25) is 5.02 Å². The van der Waals surface area contributed by atoms with Crippen molar-refractivity contribution in [3.63, 3.8) is 0 Å². The molecule has 1 N–H and O–H groups in total. The van der Waals surface area contributed by atoms with Gasteiger partial charge in [-0.2, -0.15) is 18.3 Å². The van der Waals surface area contributed by atoms with E-state index in [0.29, 0.717) is 16.5 Å². The average molecular weight is 400 g/mol. The van der Waals surface area contributed by atoms with Crippen molar-refractivity contribution >= 4 is 28.4 Å². The number of nitrogens with one attached hydrogen (secondary N) is 1. The van der Waals surface area contributed by atoms with E-state index in [4.69, 9.17) is 11.6 Å². The van der Waals surface area contributed by atoms with Crippen LogP contribution >= 0.6 is 11.6 Å². The number of alkyl halides is 3. The van der Waals surface area contributed by atoms with Gasteiger partial charge in [0.2, 0.25) is 5.88 Å². The monoisotopic (exact) mass is 399 g/mol. The third-order valence-electron chi connectivity index (χ3n) is 3.50. The smallest absolute Gasteiger partial charge is 0.422 e. The molecule has 3 rings (SSSR count). The van der Waals surface area contributed by atoms with E-state index in [0.717, 1.165) is 0 Å². The molecule has 3 aromatic heterocycles. The van der Waals surface area contributed by atoms with E-state index in [9.17, 15) is 18.0 Å². The van der Waals surface area contributed by atoms with E-state index in [1.807, 2.05) is 0 Å². The summed E-state index contributed by atoms with van der Waals surface area (Å²) in [7, 11) is 1.50. The van der Waals surface area contributed by atoms with E-state index in [1.54, 1.807) is 16.9 Å². The standard InChI is InChI=1S/C16H13ClF3N5O2/c1-21-14(26)13-10-7-25(24-12(10)2-3-22-13)6-9-4-11(17)15(23-5-9)27-8-16(18,19)20/h2-5,7H,6,8H2,1H3,(H,21,26). The van der Waals surface area contributed by atoms with Crippen LogP contribution in [0.25, 0.3) is 10.9 Å². The highest BCUT2D eigenvalue weighted by Crippen LogP contribution is 2.25. The third-order valence-corrected chi connectivity index (χ3v) is 3.78. The highest BCUT2D eigenvalue weighted by atomic mass is 35.5. The van der Waals surface area contributed by atoms with Crippen molar-refractivity contribution < 1.29 is 22.7 Å². The van der Waals surface area contributed by atoms with Gasteiger partial charge in [0.15, 0.2) is 6.61 Å². The van der Waals surface area contributed by atoms with Gasteiger partial charge in [0.05, 0.1) is 17.4 Å². The van der Waals surface area contributed by atoms with Crippen molar-refractivity contribution in [2.75, 3.05) is 13.7 Å². The minimum atomic E-state index is -4.48. The van der Waals surface area contributed by atoms with E-state index < -0.39 is 12.8 Å². The van der Waals surface area contributed by atoms with Crippen LogP contribution in [-0.4, -0.2) is 45.5 Å². The van der Waals surface area contributed by atoms with Gasteiger partial charge in [0.1, 0.15) is 10.7 Å². The molecule has 0 aliphatic carbocycles. The van der Waals surface area contributed by atoms with Crippen molar-refractivity contribution in [2.24, 2.45) is 0 Å². The Balaban J connectivity index is 1.81.